The van der Waals surface area contributed by atoms with E-state index in [2.05, 4.69) is 175 Å². The number of methoxy groups -OCH3 is 1. The van der Waals surface area contributed by atoms with E-state index in [0.29, 0.717) is 0 Å². The first kappa shape index (κ1) is 28.0. The molecule has 45 heavy (non-hydrogen) atoms. The van der Waals surface area contributed by atoms with Gasteiger partial charge in [0, 0.05) is 35.2 Å². The first-order valence-corrected chi connectivity index (χ1v) is 15.2. The van der Waals surface area contributed by atoms with E-state index in [9.17, 15) is 0 Å². The lowest BCUT2D eigenvalue weighted by molar-refractivity contribution is 0.415. The van der Waals surface area contributed by atoms with Crippen molar-refractivity contribution in [2.24, 2.45) is 0 Å². The highest BCUT2D eigenvalue weighted by molar-refractivity contribution is 5.99. The molecule has 0 heterocycles. The van der Waals surface area contributed by atoms with Crippen LogP contribution in [0.2, 0.25) is 0 Å². The predicted molar refractivity (Wildman–Crippen MR) is 191 cm³/mol. The first-order valence-electron chi connectivity index (χ1n) is 15.2. The number of rotatable bonds is 8. The molecular weight excluding hydrogens is 548 g/mol. The van der Waals surface area contributed by atoms with Crippen molar-refractivity contribution in [3.05, 3.63) is 170 Å². The highest BCUT2D eigenvalue weighted by Gasteiger charge is 2.16. The summed E-state index contributed by atoms with van der Waals surface area (Å²) in [6.45, 7) is 0. The van der Waals surface area contributed by atoms with Gasteiger partial charge in [0.2, 0.25) is 0 Å². The second-order valence-electron chi connectivity index (χ2n) is 11.1. The number of hydrogen-bond donors (Lipinski definition) is 0. The maximum absolute atomic E-state index is 5.31. The highest BCUT2D eigenvalue weighted by atomic mass is 16.5. The van der Waals surface area contributed by atoms with E-state index < -0.39 is 0 Å². The van der Waals surface area contributed by atoms with Gasteiger partial charge in [-0.25, -0.2) is 0 Å². The number of ether oxygens (including phenoxy) is 1. The zero-order valence-corrected chi connectivity index (χ0v) is 25.5. The van der Waals surface area contributed by atoms with Crippen LogP contribution >= 0.6 is 0 Å². The normalized spacial score (nSPS) is 10.9. The van der Waals surface area contributed by atoms with E-state index in [1.165, 1.54) is 33.0 Å². The summed E-state index contributed by atoms with van der Waals surface area (Å²) in [4.78, 5) is 4.55. The van der Waals surface area contributed by atoms with Gasteiger partial charge < -0.3 is 14.5 Å². The number of benzene rings is 7. The molecule has 0 aromatic heterocycles. The van der Waals surface area contributed by atoms with Gasteiger partial charge >= 0.3 is 0 Å². The summed E-state index contributed by atoms with van der Waals surface area (Å²) in [5, 5.41) is 2.43. The van der Waals surface area contributed by atoms with Gasteiger partial charge in [0.1, 0.15) is 5.75 Å². The molecule has 0 unspecified atom stereocenters. The van der Waals surface area contributed by atoms with Crippen molar-refractivity contribution in [2.45, 2.75) is 0 Å². The Labute approximate surface area is 265 Å². The molecule has 0 amide bonds. The Hall–Kier alpha value is -5.80. The molecule has 0 fully saturated rings. The van der Waals surface area contributed by atoms with Crippen LogP contribution in [0.25, 0.3) is 33.0 Å². The molecule has 0 spiro atoms. The smallest absolute Gasteiger partial charge is 0.119 e. The van der Waals surface area contributed by atoms with Crippen molar-refractivity contribution in [3.8, 4) is 28.0 Å². The molecule has 7 rings (SSSR count). The van der Waals surface area contributed by atoms with Crippen LogP contribution in [0, 0.1) is 0 Å². The Morgan fingerprint density at radius 3 is 1.64 bits per heavy atom. The van der Waals surface area contributed by atoms with Gasteiger partial charge in [-0.2, -0.15) is 0 Å². The van der Waals surface area contributed by atoms with Crippen LogP contribution in [-0.4, -0.2) is 14.2 Å². The summed E-state index contributed by atoms with van der Waals surface area (Å²) < 4.78 is 5.31. The van der Waals surface area contributed by atoms with Crippen molar-refractivity contribution in [1.82, 2.24) is 0 Å². The largest absolute Gasteiger partial charge is 0.497 e. The zero-order valence-electron chi connectivity index (χ0n) is 25.5. The topological polar surface area (TPSA) is 15.7 Å². The number of anilines is 5. The second kappa shape index (κ2) is 12.4. The molecule has 0 bridgehead atoms. The monoisotopic (exact) mass is 582 g/mol. The molecule has 0 saturated heterocycles. The summed E-state index contributed by atoms with van der Waals surface area (Å²) in [7, 11) is 3.77. The summed E-state index contributed by atoms with van der Waals surface area (Å²) >= 11 is 0. The van der Waals surface area contributed by atoms with Crippen LogP contribution in [0.1, 0.15) is 0 Å². The summed E-state index contributed by atoms with van der Waals surface area (Å²) in [5.74, 6) is 0.855. The van der Waals surface area contributed by atoms with E-state index in [-0.39, 0.29) is 0 Å². The first-order chi connectivity index (χ1) is 22.2. The van der Waals surface area contributed by atoms with Gasteiger partial charge in [0.05, 0.1) is 12.8 Å². The third-order valence-electron chi connectivity index (χ3n) is 8.39. The molecule has 0 aliphatic carbocycles. The Morgan fingerprint density at radius 2 is 0.956 bits per heavy atom. The predicted octanol–water partition coefficient (Wildman–Crippen LogP) is 11.4. The molecule has 218 valence electrons. The van der Waals surface area contributed by atoms with E-state index in [1.807, 2.05) is 12.1 Å². The third-order valence-corrected chi connectivity index (χ3v) is 8.39. The number of fused-ring (bicyclic) bond motifs is 1. The van der Waals surface area contributed by atoms with Crippen molar-refractivity contribution in [1.29, 1.82) is 0 Å². The maximum Gasteiger partial charge on any atom is 0.119 e. The molecule has 7 aromatic rings. The van der Waals surface area contributed by atoms with Crippen molar-refractivity contribution in [2.75, 3.05) is 24.0 Å². The quantitative estimate of drug-likeness (QED) is 0.177. The van der Waals surface area contributed by atoms with Crippen LogP contribution in [0.4, 0.5) is 28.4 Å². The van der Waals surface area contributed by atoms with Crippen LogP contribution in [-0.2, 0) is 0 Å². The molecule has 0 N–H and O–H groups in total. The fraction of sp³-hybridized carbons (Fsp3) is 0.0476. The molecular formula is C42H34N2O. The van der Waals surface area contributed by atoms with Crippen molar-refractivity contribution < 1.29 is 4.74 Å². The Kier molecular flexibility index (Phi) is 7.74. The van der Waals surface area contributed by atoms with E-state index in [1.54, 1.807) is 7.11 Å². The summed E-state index contributed by atoms with van der Waals surface area (Å²) in [6, 6.07) is 60.2. The second-order valence-corrected chi connectivity index (χ2v) is 11.1. The molecule has 3 nitrogen and oxygen atoms in total. The maximum atomic E-state index is 5.31. The minimum atomic E-state index is 0.855. The average Bonchev–Trinajstić information content (AvgIpc) is 3.12. The van der Waals surface area contributed by atoms with Gasteiger partial charge in [-0.15, -0.1) is 0 Å². The minimum Gasteiger partial charge on any atom is -0.497 e. The van der Waals surface area contributed by atoms with Gasteiger partial charge in [-0.05, 0) is 94.4 Å². The molecule has 0 aliphatic rings. The fourth-order valence-electron chi connectivity index (χ4n) is 5.92. The lowest BCUT2D eigenvalue weighted by Crippen LogP contribution is -2.10. The highest BCUT2D eigenvalue weighted by Crippen LogP contribution is 2.41. The summed E-state index contributed by atoms with van der Waals surface area (Å²) in [5.41, 5.74) is 10.4. The lowest BCUT2D eigenvalue weighted by Gasteiger charge is -2.27. The third kappa shape index (κ3) is 5.76. The Balaban J connectivity index is 1.23. The summed E-state index contributed by atoms with van der Waals surface area (Å²) in [6.07, 6.45) is 0. The van der Waals surface area contributed by atoms with Crippen molar-refractivity contribution in [3.63, 3.8) is 0 Å². The molecule has 0 aliphatic heterocycles. The van der Waals surface area contributed by atoms with Gasteiger partial charge in [-0.1, -0.05) is 103 Å². The minimum absolute atomic E-state index is 0.855. The SMILES string of the molecule is COc1ccc(N(C)c2ccc(-c3ccc(N(c4cccc(-c5ccccc5)c4)c4cccc5ccccc45)cc3)cc2)cc1. The molecule has 7 aromatic carbocycles. The van der Waals surface area contributed by atoms with E-state index in [0.717, 1.165) is 34.2 Å². The number of hydrogen-bond acceptors (Lipinski definition) is 3. The standard InChI is InChI=1S/C42H34N2O/c1-43(37-26-28-40(45-2)29-27-37)36-22-18-32(19-23-36)33-20-24-38(25-21-33)44(42-17-9-13-34-12-6-7-16-41(34)42)39-15-8-14-35(30-39)31-10-4-3-5-11-31/h3-30H,1-2H3. The van der Waals surface area contributed by atoms with Gasteiger partial charge in [0.15, 0.2) is 0 Å². The Bertz CT molecular complexity index is 2030. The van der Waals surface area contributed by atoms with Gasteiger partial charge in [0.25, 0.3) is 0 Å². The average molecular weight is 583 g/mol. The van der Waals surface area contributed by atoms with Gasteiger partial charge in [-0.3, -0.25) is 0 Å². The molecule has 0 atom stereocenters. The molecule has 3 heteroatoms. The van der Waals surface area contributed by atoms with Crippen molar-refractivity contribution >= 4 is 39.2 Å². The molecule has 0 saturated carbocycles. The van der Waals surface area contributed by atoms with Crippen LogP contribution in [0.3, 0.4) is 0 Å². The number of nitrogens with zero attached hydrogens (tertiary/aromatic N) is 2. The lowest BCUT2D eigenvalue weighted by atomic mass is 10.0. The molecule has 0 radical (unpaired) electrons. The van der Waals surface area contributed by atoms with Crippen LogP contribution in [0.15, 0.2) is 170 Å². The van der Waals surface area contributed by atoms with E-state index in [4.69, 9.17) is 4.74 Å². The Morgan fingerprint density at radius 1 is 0.422 bits per heavy atom. The fourth-order valence-corrected chi connectivity index (χ4v) is 5.92. The van der Waals surface area contributed by atoms with Crippen LogP contribution in [0.5, 0.6) is 5.75 Å². The van der Waals surface area contributed by atoms with Crippen LogP contribution < -0.4 is 14.5 Å². The zero-order chi connectivity index (χ0) is 30.6. The van der Waals surface area contributed by atoms with E-state index >= 15 is 0 Å².